The molecule has 7 heteroatoms. The molecular weight excluding hydrogens is 559 g/mol. The van der Waals surface area contributed by atoms with Crippen molar-refractivity contribution >= 4 is 48.4 Å². The van der Waals surface area contributed by atoms with E-state index in [1.807, 2.05) is 63.8 Å². The van der Waals surface area contributed by atoms with Crippen LogP contribution in [-0.4, -0.2) is 18.9 Å². The standard InChI is InChI=1S/2C5H4N.2CO.2HI.Ru/c2*1-2-4-6-5-3-1;2*1-2;;;/h2*1-4H;;;2*1H;/q2*-1;;;;;+2/p-2. The summed E-state index contributed by atoms with van der Waals surface area (Å²) in [4.78, 5) is 26.8. The maximum Gasteiger partial charge on any atom is -0.0813 e. The predicted octanol–water partition coefficient (Wildman–Crippen LogP) is 2.74. The molecular formula is C12H8I2N2O2Ru-2. The van der Waals surface area contributed by atoms with Crippen molar-refractivity contribution < 1.29 is 16.4 Å². The smallest absolute Gasteiger partial charge is 0.0813 e. The van der Waals surface area contributed by atoms with Gasteiger partial charge in [-0.2, -0.15) is 36.4 Å². The average molecular weight is 567 g/mol. The first-order valence-electron chi connectivity index (χ1n) is 4.57. The Hall–Kier alpha value is -0.457. The molecule has 4 nitrogen and oxygen atoms in total. The Kier molecular flexibility index (Phi) is 12.3. The number of aromatic nitrogens is 2. The van der Waals surface area contributed by atoms with Gasteiger partial charge in [0.25, 0.3) is 0 Å². The molecule has 0 saturated carbocycles. The van der Waals surface area contributed by atoms with Crippen molar-refractivity contribution in [1.82, 2.24) is 9.97 Å². The zero-order valence-electron chi connectivity index (χ0n) is 9.44. The Morgan fingerprint density at radius 1 is 0.842 bits per heavy atom. The largest absolute Gasteiger partial charge is 0.394 e. The zero-order valence-corrected chi connectivity index (χ0v) is 15.5. The van der Waals surface area contributed by atoms with Crippen LogP contribution in [-0.2, 0) is 16.4 Å². The molecule has 2 aromatic rings. The van der Waals surface area contributed by atoms with Crippen LogP contribution >= 0.6 is 39.5 Å². The topological polar surface area (TPSA) is 59.9 Å². The average Bonchev–Trinajstić information content (AvgIpc) is 2.52. The van der Waals surface area contributed by atoms with E-state index in [2.05, 4.69) is 22.4 Å². The summed E-state index contributed by atoms with van der Waals surface area (Å²) >= 11 is 3.63. The first-order chi connectivity index (χ1) is 9.12. The molecule has 0 unspecified atom stereocenters. The van der Waals surface area contributed by atoms with Gasteiger partial charge >= 0.3 is 64.9 Å². The minimum absolute atomic E-state index is 1.66. The van der Waals surface area contributed by atoms with Crippen molar-refractivity contribution in [1.29, 1.82) is 0 Å². The number of nitrogens with zero attached hydrogens (tertiary/aromatic N) is 2. The third-order valence-electron chi connectivity index (χ3n) is 1.22. The van der Waals surface area contributed by atoms with E-state index in [1.54, 1.807) is 33.5 Å². The van der Waals surface area contributed by atoms with Crippen LogP contribution in [0.4, 0.5) is 0 Å². The van der Waals surface area contributed by atoms with Crippen LogP contribution in [0.15, 0.2) is 48.8 Å². The molecule has 0 spiro atoms. The number of pyridine rings is 2. The van der Waals surface area contributed by atoms with E-state index in [0.29, 0.717) is 0 Å². The molecule has 2 heterocycles. The van der Waals surface area contributed by atoms with Gasteiger partial charge in [0.2, 0.25) is 0 Å². The minimum Gasteiger partial charge on any atom is -0.394 e. The normalized spacial score (nSPS) is 9.37. The Morgan fingerprint density at radius 3 is 1.32 bits per heavy atom. The SMILES string of the molecule is O=[C]=[Ru]([I])([I])=[C]=O.[c-]1ccccn1.[c-]1ccccn1. The summed E-state index contributed by atoms with van der Waals surface area (Å²) in [5.41, 5.74) is 0. The molecule has 2 rings (SSSR count). The van der Waals surface area contributed by atoms with E-state index in [-0.39, 0.29) is 0 Å². The van der Waals surface area contributed by atoms with E-state index in [9.17, 15) is 9.59 Å². The molecule has 0 N–H and O–H groups in total. The third kappa shape index (κ3) is 13.8. The molecule has 102 valence electrons. The Morgan fingerprint density at radius 2 is 1.26 bits per heavy atom. The van der Waals surface area contributed by atoms with Gasteiger partial charge in [-0.05, 0) is 0 Å². The van der Waals surface area contributed by atoms with Gasteiger partial charge in [-0.25, -0.2) is 0 Å². The Bertz CT molecular complexity index is 491. The summed E-state index contributed by atoms with van der Waals surface area (Å²) in [6.07, 6.45) is 8.67. The molecule has 0 saturated heterocycles. The van der Waals surface area contributed by atoms with E-state index < -0.39 is 6.84 Å². The van der Waals surface area contributed by atoms with E-state index in [4.69, 9.17) is 0 Å². The molecule has 0 aliphatic rings. The molecule has 2 aromatic heterocycles. The van der Waals surface area contributed by atoms with Crippen molar-refractivity contribution in [2.24, 2.45) is 0 Å². The van der Waals surface area contributed by atoms with Gasteiger partial charge in [-0.15, -0.1) is 0 Å². The summed E-state index contributed by atoms with van der Waals surface area (Å²) in [5, 5.41) is 0. The number of hydrogen-bond acceptors (Lipinski definition) is 4. The molecule has 0 bridgehead atoms. The fourth-order valence-corrected chi connectivity index (χ4v) is 0.642. The van der Waals surface area contributed by atoms with Gasteiger partial charge in [0, 0.05) is 0 Å². The van der Waals surface area contributed by atoms with Gasteiger partial charge < -0.3 is 9.97 Å². The molecule has 0 atom stereocenters. The van der Waals surface area contributed by atoms with E-state index in [0.717, 1.165) is 0 Å². The monoisotopic (exact) mass is 568 g/mol. The van der Waals surface area contributed by atoms with Crippen LogP contribution in [0.2, 0.25) is 0 Å². The van der Waals surface area contributed by atoms with Gasteiger partial charge in [-0.1, -0.05) is 24.8 Å². The van der Waals surface area contributed by atoms with Gasteiger partial charge in [0.05, 0.1) is 0 Å². The van der Waals surface area contributed by atoms with Crippen LogP contribution in [0.1, 0.15) is 0 Å². The molecule has 0 aliphatic carbocycles. The molecule has 0 aromatic carbocycles. The number of hydrogen-bond donors (Lipinski definition) is 0. The maximum atomic E-state index is 9.73. The number of carbonyl (C=O) groups excluding carboxylic acids is 2. The summed E-state index contributed by atoms with van der Waals surface area (Å²) in [5.74, 6) is 0. The summed E-state index contributed by atoms with van der Waals surface area (Å²) in [6.45, 7) is -2.60. The van der Waals surface area contributed by atoms with Gasteiger partial charge in [-0.3, -0.25) is 0 Å². The zero-order chi connectivity index (χ0) is 14.4. The molecule has 0 radical (unpaired) electrons. The number of rotatable bonds is 0. The van der Waals surface area contributed by atoms with Crippen molar-refractivity contribution in [3.05, 3.63) is 61.2 Å². The molecule has 0 aliphatic heterocycles. The van der Waals surface area contributed by atoms with Crippen LogP contribution in [0, 0.1) is 12.4 Å². The summed E-state index contributed by atoms with van der Waals surface area (Å²) < 4.78 is 3.32. The van der Waals surface area contributed by atoms with Crippen molar-refractivity contribution in [3.63, 3.8) is 0 Å². The first-order valence-corrected chi connectivity index (χ1v) is 16.6. The van der Waals surface area contributed by atoms with Crippen LogP contribution in [0.25, 0.3) is 0 Å². The first kappa shape index (κ1) is 18.5. The summed E-state index contributed by atoms with van der Waals surface area (Å²) in [7, 11) is 0. The van der Waals surface area contributed by atoms with Crippen LogP contribution in [0.3, 0.4) is 0 Å². The Labute approximate surface area is 134 Å². The Balaban J connectivity index is 0.000000256. The predicted molar refractivity (Wildman–Crippen MR) is 85.6 cm³/mol. The quantitative estimate of drug-likeness (QED) is 0.280. The molecule has 19 heavy (non-hydrogen) atoms. The van der Waals surface area contributed by atoms with Crippen LogP contribution < -0.4 is 0 Å². The third-order valence-corrected chi connectivity index (χ3v) is 5.79. The maximum absolute atomic E-state index is 9.73. The van der Waals surface area contributed by atoms with Crippen molar-refractivity contribution in [2.75, 3.05) is 0 Å². The molecule has 0 amide bonds. The van der Waals surface area contributed by atoms with Crippen LogP contribution in [0.5, 0.6) is 0 Å². The second-order valence-electron chi connectivity index (χ2n) is 2.47. The van der Waals surface area contributed by atoms with Crippen molar-refractivity contribution in [3.8, 4) is 0 Å². The second-order valence-corrected chi connectivity index (χ2v) is 27.3. The van der Waals surface area contributed by atoms with E-state index in [1.165, 1.54) is 0 Å². The fourth-order valence-electron chi connectivity index (χ4n) is 0.569. The summed E-state index contributed by atoms with van der Waals surface area (Å²) in [6, 6.07) is 11.0. The fraction of sp³-hybridized carbons (Fsp3) is 0. The van der Waals surface area contributed by atoms with Crippen molar-refractivity contribution in [2.45, 2.75) is 0 Å². The molecule has 0 fully saturated rings. The second kappa shape index (κ2) is 12.6. The minimum atomic E-state index is -2.60. The van der Waals surface area contributed by atoms with Gasteiger partial charge in [0.1, 0.15) is 0 Å². The van der Waals surface area contributed by atoms with E-state index >= 15 is 0 Å². The van der Waals surface area contributed by atoms with Gasteiger partial charge in [0.15, 0.2) is 0 Å². The number of halogens is 2.